The lowest BCUT2D eigenvalue weighted by molar-refractivity contribution is -0.207. The molecule has 6 heteroatoms. The minimum atomic E-state index is -0.405. The molecule has 1 aliphatic heterocycles. The summed E-state index contributed by atoms with van der Waals surface area (Å²) in [5, 5.41) is 3.34. The van der Waals surface area contributed by atoms with Gasteiger partial charge in [-0.25, -0.2) is 0 Å². The van der Waals surface area contributed by atoms with E-state index in [9.17, 15) is 0 Å². The molecule has 0 aromatic rings. The first-order chi connectivity index (χ1) is 10.3. The number of likely N-dealkylation sites (N-methyl/N-ethyl adjacent to an activating group) is 1. The first-order valence-corrected chi connectivity index (χ1v) is 7.93. The summed E-state index contributed by atoms with van der Waals surface area (Å²) in [7, 11) is 3.68. The zero-order chi connectivity index (χ0) is 15.0. The third kappa shape index (κ3) is 5.16. The van der Waals surface area contributed by atoms with Gasteiger partial charge in [0.2, 0.25) is 0 Å². The fourth-order valence-electron chi connectivity index (χ4n) is 3.04. The Labute approximate surface area is 127 Å². The predicted molar refractivity (Wildman–Crippen MR) is 78.4 cm³/mol. The molecule has 0 amide bonds. The van der Waals surface area contributed by atoms with Gasteiger partial charge in [-0.05, 0) is 19.9 Å². The lowest BCUT2D eigenvalue weighted by Crippen LogP contribution is -2.51. The Balaban J connectivity index is 1.66. The van der Waals surface area contributed by atoms with Gasteiger partial charge in [0.05, 0.1) is 32.5 Å². The molecule has 1 saturated heterocycles. The summed E-state index contributed by atoms with van der Waals surface area (Å²) < 4.78 is 28.1. The van der Waals surface area contributed by atoms with Crippen molar-refractivity contribution in [2.45, 2.75) is 43.6 Å². The van der Waals surface area contributed by atoms with Gasteiger partial charge in [0, 0.05) is 39.2 Å². The van der Waals surface area contributed by atoms with E-state index < -0.39 is 5.79 Å². The molecule has 1 saturated carbocycles. The molecule has 1 aliphatic carbocycles. The minimum Gasteiger partial charge on any atom is -0.385 e. The topological polar surface area (TPSA) is 58.2 Å². The molecule has 0 bridgehead atoms. The summed E-state index contributed by atoms with van der Waals surface area (Å²) in [6.45, 7) is 4.06. The third-order valence-corrected chi connectivity index (χ3v) is 4.18. The standard InChI is InChI=1S/C15H29NO5/c1-16-13-4-5-15(20-10-11-21-15)12-14(13)19-9-8-18-7-3-6-17-2/h13-14,16H,3-12H2,1-2H3. The molecule has 0 aromatic carbocycles. The molecule has 2 unspecified atom stereocenters. The van der Waals surface area contributed by atoms with Crippen LogP contribution in [-0.4, -0.2) is 71.7 Å². The Kier molecular flexibility index (Phi) is 7.36. The molecule has 2 rings (SSSR count). The second kappa shape index (κ2) is 9.02. The number of ether oxygens (including phenoxy) is 5. The van der Waals surface area contributed by atoms with Crippen molar-refractivity contribution in [1.82, 2.24) is 5.32 Å². The highest BCUT2D eigenvalue weighted by molar-refractivity contribution is 4.91. The maximum atomic E-state index is 6.00. The number of hydrogen-bond donors (Lipinski definition) is 1. The van der Waals surface area contributed by atoms with E-state index in [2.05, 4.69) is 5.32 Å². The average Bonchev–Trinajstić information content (AvgIpc) is 2.95. The SMILES string of the molecule is CNC1CCC2(CC1OCCOCCCOC)OCCO2. The number of hydrogen-bond acceptors (Lipinski definition) is 6. The van der Waals surface area contributed by atoms with Crippen molar-refractivity contribution in [3.8, 4) is 0 Å². The Morgan fingerprint density at radius 2 is 1.95 bits per heavy atom. The van der Waals surface area contributed by atoms with Crippen LogP contribution in [0.1, 0.15) is 25.7 Å². The van der Waals surface area contributed by atoms with Crippen LogP contribution in [0, 0.1) is 0 Å². The molecule has 0 aromatic heterocycles. The summed E-state index contributed by atoms with van der Waals surface area (Å²) in [6.07, 6.45) is 3.78. The van der Waals surface area contributed by atoms with Crippen LogP contribution >= 0.6 is 0 Å². The van der Waals surface area contributed by atoms with E-state index in [0.717, 1.165) is 32.3 Å². The summed E-state index contributed by atoms with van der Waals surface area (Å²) >= 11 is 0. The molecule has 1 heterocycles. The normalized spacial score (nSPS) is 28.3. The highest BCUT2D eigenvalue weighted by Gasteiger charge is 2.45. The molecule has 2 aliphatic rings. The Morgan fingerprint density at radius 3 is 2.67 bits per heavy atom. The molecule has 2 atom stereocenters. The quantitative estimate of drug-likeness (QED) is 0.640. The van der Waals surface area contributed by atoms with Gasteiger partial charge >= 0.3 is 0 Å². The van der Waals surface area contributed by atoms with Crippen LogP contribution in [0.4, 0.5) is 0 Å². The molecular formula is C15H29NO5. The highest BCUT2D eigenvalue weighted by Crippen LogP contribution is 2.37. The molecule has 2 fully saturated rings. The van der Waals surface area contributed by atoms with E-state index in [0.29, 0.717) is 39.1 Å². The van der Waals surface area contributed by atoms with E-state index in [4.69, 9.17) is 23.7 Å². The van der Waals surface area contributed by atoms with Gasteiger partial charge in [0.25, 0.3) is 0 Å². The van der Waals surface area contributed by atoms with Crippen molar-refractivity contribution in [3.05, 3.63) is 0 Å². The van der Waals surface area contributed by atoms with Crippen molar-refractivity contribution in [2.75, 3.05) is 53.8 Å². The van der Waals surface area contributed by atoms with Crippen LogP contribution < -0.4 is 5.32 Å². The van der Waals surface area contributed by atoms with E-state index in [1.54, 1.807) is 7.11 Å². The van der Waals surface area contributed by atoms with Crippen molar-refractivity contribution >= 4 is 0 Å². The predicted octanol–water partition coefficient (Wildman–Crippen LogP) is 0.940. The second-order valence-corrected chi connectivity index (χ2v) is 5.61. The van der Waals surface area contributed by atoms with E-state index in [-0.39, 0.29) is 6.10 Å². The monoisotopic (exact) mass is 303 g/mol. The van der Waals surface area contributed by atoms with E-state index >= 15 is 0 Å². The zero-order valence-electron chi connectivity index (χ0n) is 13.3. The van der Waals surface area contributed by atoms with Crippen molar-refractivity contribution in [2.24, 2.45) is 0 Å². The summed E-state index contributed by atoms with van der Waals surface area (Å²) in [5.74, 6) is -0.405. The van der Waals surface area contributed by atoms with Gasteiger partial charge in [0.15, 0.2) is 5.79 Å². The molecule has 1 spiro atoms. The molecular weight excluding hydrogens is 274 g/mol. The summed E-state index contributed by atoms with van der Waals surface area (Å²) in [4.78, 5) is 0. The number of nitrogens with one attached hydrogen (secondary N) is 1. The van der Waals surface area contributed by atoms with Crippen LogP contribution in [0.2, 0.25) is 0 Å². The fourth-order valence-corrected chi connectivity index (χ4v) is 3.04. The van der Waals surface area contributed by atoms with Crippen LogP contribution in [0.3, 0.4) is 0 Å². The largest absolute Gasteiger partial charge is 0.385 e. The van der Waals surface area contributed by atoms with E-state index in [1.807, 2.05) is 7.05 Å². The van der Waals surface area contributed by atoms with Crippen LogP contribution in [0.15, 0.2) is 0 Å². The lowest BCUT2D eigenvalue weighted by Gasteiger charge is -2.40. The lowest BCUT2D eigenvalue weighted by atomic mass is 9.87. The number of rotatable bonds is 9. The Bertz CT molecular complexity index is 283. The van der Waals surface area contributed by atoms with Crippen LogP contribution in [0.5, 0.6) is 0 Å². The number of methoxy groups -OCH3 is 1. The van der Waals surface area contributed by atoms with Gasteiger partial charge in [-0.15, -0.1) is 0 Å². The smallest absolute Gasteiger partial charge is 0.171 e. The summed E-state index contributed by atoms with van der Waals surface area (Å²) in [6, 6.07) is 0.358. The van der Waals surface area contributed by atoms with Crippen LogP contribution in [-0.2, 0) is 23.7 Å². The minimum absolute atomic E-state index is 0.115. The molecule has 0 radical (unpaired) electrons. The van der Waals surface area contributed by atoms with Crippen molar-refractivity contribution in [3.63, 3.8) is 0 Å². The van der Waals surface area contributed by atoms with Gasteiger partial charge in [0.1, 0.15) is 0 Å². The van der Waals surface area contributed by atoms with Gasteiger partial charge in [-0.3, -0.25) is 0 Å². The fraction of sp³-hybridized carbons (Fsp3) is 1.00. The Morgan fingerprint density at radius 1 is 1.14 bits per heavy atom. The van der Waals surface area contributed by atoms with Crippen molar-refractivity contribution < 1.29 is 23.7 Å². The van der Waals surface area contributed by atoms with Gasteiger partial charge < -0.3 is 29.0 Å². The third-order valence-electron chi connectivity index (χ3n) is 4.18. The first-order valence-electron chi connectivity index (χ1n) is 7.93. The molecule has 124 valence electrons. The van der Waals surface area contributed by atoms with E-state index in [1.165, 1.54) is 0 Å². The molecule has 6 nitrogen and oxygen atoms in total. The Hall–Kier alpha value is -0.240. The zero-order valence-corrected chi connectivity index (χ0v) is 13.3. The summed E-state index contributed by atoms with van der Waals surface area (Å²) in [5.41, 5.74) is 0. The van der Waals surface area contributed by atoms with Gasteiger partial charge in [-0.2, -0.15) is 0 Å². The second-order valence-electron chi connectivity index (χ2n) is 5.61. The highest BCUT2D eigenvalue weighted by atomic mass is 16.7. The molecule has 21 heavy (non-hydrogen) atoms. The average molecular weight is 303 g/mol. The maximum absolute atomic E-state index is 6.00. The van der Waals surface area contributed by atoms with Crippen molar-refractivity contribution in [1.29, 1.82) is 0 Å². The van der Waals surface area contributed by atoms with Gasteiger partial charge in [-0.1, -0.05) is 0 Å². The molecule has 1 N–H and O–H groups in total. The van der Waals surface area contributed by atoms with Crippen LogP contribution in [0.25, 0.3) is 0 Å². The maximum Gasteiger partial charge on any atom is 0.171 e. The first kappa shape index (κ1) is 17.1.